The number of halogens is 1. The Kier molecular flexibility index (Phi) is 6.89. The Labute approximate surface area is 146 Å². The second-order valence-electron chi connectivity index (χ2n) is 5.16. The number of rotatable bonds is 6. The van der Waals surface area contributed by atoms with Crippen LogP contribution in [0.4, 0.5) is 0 Å². The smallest absolute Gasteiger partial charge is 0.191 e. The van der Waals surface area contributed by atoms with Crippen LogP contribution in [-0.4, -0.2) is 24.2 Å². The SMILES string of the molecule is CCNC(=NCc1ccccc1C)NCC(O)c1ccc(Cl)s1. The van der Waals surface area contributed by atoms with Crippen molar-refractivity contribution in [1.82, 2.24) is 10.6 Å². The quantitative estimate of drug-likeness (QED) is 0.551. The average Bonchev–Trinajstić information content (AvgIpc) is 2.98. The van der Waals surface area contributed by atoms with Crippen LogP contribution >= 0.6 is 22.9 Å². The lowest BCUT2D eigenvalue weighted by molar-refractivity contribution is 0.184. The molecule has 1 unspecified atom stereocenters. The van der Waals surface area contributed by atoms with E-state index in [9.17, 15) is 5.11 Å². The summed E-state index contributed by atoms with van der Waals surface area (Å²) in [6.07, 6.45) is -0.602. The fraction of sp³-hybridized carbons (Fsp3) is 0.353. The molecule has 0 aliphatic carbocycles. The zero-order valence-electron chi connectivity index (χ0n) is 13.3. The van der Waals surface area contributed by atoms with Crippen molar-refractivity contribution in [3.63, 3.8) is 0 Å². The summed E-state index contributed by atoms with van der Waals surface area (Å²) >= 11 is 7.29. The molecule has 0 radical (unpaired) electrons. The molecule has 124 valence electrons. The first-order valence-electron chi connectivity index (χ1n) is 7.60. The molecule has 23 heavy (non-hydrogen) atoms. The summed E-state index contributed by atoms with van der Waals surface area (Å²) in [5.41, 5.74) is 2.41. The van der Waals surface area contributed by atoms with Crippen molar-refractivity contribution < 1.29 is 5.11 Å². The van der Waals surface area contributed by atoms with Crippen molar-refractivity contribution in [2.75, 3.05) is 13.1 Å². The van der Waals surface area contributed by atoms with Gasteiger partial charge in [-0.3, -0.25) is 0 Å². The van der Waals surface area contributed by atoms with Gasteiger partial charge in [-0.25, -0.2) is 4.99 Å². The minimum absolute atomic E-state index is 0.385. The van der Waals surface area contributed by atoms with Gasteiger partial charge in [0.15, 0.2) is 5.96 Å². The monoisotopic (exact) mass is 351 g/mol. The Morgan fingerprint density at radius 2 is 2.04 bits per heavy atom. The number of hydrogen-bond acceptors (Lipinski definition) is 3. The van der Waals surface area contributed by atoms with E-state index in [0.717, 1.165) is 11.4 Å². The highest BCUT2D eigenvalue weighted by molar-refractivity contribution is 7.16. The predicted molar refractivity (Wildman–Crippen MR) is 98.3 cm³/mol. The van der Waals surface area contributed by atoms with Crippen LogP contribution in [0.25, 0.3) is 0 Å². The third-order valence-corrected chi connectivity index (χ3v) is 4.73. The van der Waals surface area contributed by atoms with Gasteiger partial charge >= 0.3 is 0 Å². The van der Waals surface area contributed by atoms with Gasteiger partial charge < -0.3 is 15.7 Å². The van der Waals surface area contributed by atoms with Crippen molar-refractivity contribution >= 4 is 28.9 Å². The van der Waals surface area contributed by atoms with Crippen LogP contribution in [0.15, 0.2) is 41.4 Å². The molecule has 6 heteroatoms. The maximum absolute atomic E-state index is 10.2. The summed E-state index contributed by atoms with van der Waals surface area (Å²) in [6.45, 7) is 5.84. The van der Waals surface area contributed by atoms with E-state index in [2.05, 4.69) is 34.7 Å². The van der Waals surface area contributed by atoms with E-state index in [1.807, 2.05) is 25.1 Å². The highest BCUT2D eigenvalue weighted by Gasteiger charge is 2.11. The Hall–Kier alpha value is -1.56. The first-order valence-corrected chi connectivity index (χ1v) is 8.79. The van der Waals surface area contributed by atoms with Gasteiger partial charge in [0.2, 0.25) is 0 Å². The van der Waals surface area contributed by atoms with Crippen molar-refractivity contribution in [3.05, 3.63) is 56.7 Å². The summed E-state index contributed by atoms with van der Waals surface area (Å²) in [6, 6.07) is 11.8. The van der Waals surface area contributed by atoms with Crippen LogP contribution in [0, 0.1) is 6.92 Å². The number of nitrogens with zero attached hydrogens (tertiary/aromatic N) is 1. The fourth-order valence-corrected chi connectivity index (χ4v) is 3.14. The molecule has 4 nitrogen and oxygen atoms in total. The fourth-order valence-electron chi connectivity index (χ4n) is 2.09. The molecule has 0 fully saturated rings. The van der Waals surface area contributed by atoms with Gasteiger partial charge in [0.1, 0.15) is 6.10 Å². The predicted octanol–water partition coefficient (Wildman–Crippen LogP) is 3.50. The van der Waals surface area contributed by atoms with Gasteiger partial charge in [-0.2, -0.15) is 0 Å². The molecule has 1 aromatic heterocycles. The number of benzene rings is 1. The Balaban J connectivity index is 1.95. The molecular formula is C17H22ClN3OS. The molecular weight excluding hydrogens is 330 g/mol. The number of hydrogen-bond donors (Lipinski definition) is 3. The first kappa shape index (κ1) is 17.8. The van der Waals surface area contributed by atoms with Crippen molar-refractivity contribution in [1.29, 1.82) is 0 Å². The second kappa shape index (κ2) is 8.91. The Morgan fingerprint density at radius 3 is 2.70 bits per heavy atom. The van der Waals surface area contributed by atoms with E-state index in [-0.39, 0.29) is 0 Å². The van der Waals surface area contributed by atoms with Gasteiger partial charge in [0, 0.05) is 18.0 Å². The zero-order chi connectivity index (χ0) is 16.7. The number of aliphatic imine (C=N–C) groups is 1. The standard InChI is InChI=1S/C17H22ClN3OS/c1-3-19-17(20-10-13-7-5-4-6-12(13)2)21-11-14(22)15-8-9-16(18)23-15/h4-9,14,22H,3,10-11H2,1-2H3,(H2,19,20,21). The first-order chi connectivity index (χ1) is 11.1. The zero-order valence-corrected chi connectivity index (χ0v) is 14.9. The Morgan fingerprint density at radius 1 is 1.26 bits per heavy atom. The van der Waals surface area contributed by atoms with Gasteiger partial charge in [0.05, 0.1) is 10.9 Å². The van der Waals surface area contributed by atoms with Crippen LogP contribution in [0.3, 0.4) is 0 Å². The highest BCUT2D eigenvalue weighted by atomic mass is 35.5. The molecule has 1 aromatic carbocycles. The third kappa shape index (κ3) is 5.53. The van der Waals surface area contributed by atoms with Gasteiger partial charge in [0.25, 0.3) is 0 Å². The number of aryl methyl sites for hydroxylation is 1. The molecule has 1 atom stereocenters. The summed E-state index contributed by atoms with van der Waals surface area (Å²) in [5.74, 6) is 0.692. The van der Waals surface area contributed by atoms with Crippen LogP contribution in [0.2, 0.25) is 4.34 Å². The number of thiophene rings is 1. The number of aliphatic hydroxyl groups is 1. The minimum atomic E-state index is -0.602. The maximum Gasteiger partial charge on any atom is 0.191 e. The molecule has 0 amide bonds. The molecule has 0 spiro atoms. The molecule has 0 aliphatic heterocycles. The molecule has 0 saturated carbocycles. The summed E-state index contributed by atoms with van der Waals surface area (Å²) in [4.78, 5) is 5.42. The van der Waals surface area contributed by atoms with Crippen LogP contribution < -0.4 is 10.6 Å². The van der Waals surface area contributed by atoms with Gasteiger partial charge in [-0.05, 0) is 37.1 Å². The molecule has 3 N–H and O–H groups in total. The van der Waals surface area contributed by atoms with Crippen LogP contribution in [-0.2, 0) is 6.54 Å². The molecule has 2 rings (SSSR count). The maximum atomic E-state index is 10.2. The van der Waals surface area contributed by atoms with E-state index in [4.69, 9.17) is 11.6 Å². The third-order valence-electron chi connectivity index (χ3n) is 3.40. The lowest BCUT2D eigenvalue weighted by Crippen LogP contribution is -2.39. The van der Waals surface area contributed by atoms with Gasteiger partial charge in [-0.1, -0.05) is 35.9 Å². The van der Waals surface area contributed by atoms with Crippen LogP contribution in [0.1, 0.15) is 29.0 Å². The number of aliphatic hydroxyl groups excluding tert-OH is 1. The molecule has 1 heterocycles. The molecule has 2 aromatic rings. The number of guanidine groups is 1. The highest BCUT2D eigenvalue weighted by Crippen LogP contribution is 2.26. The Bertz CT molecular complexity index is 657. The largest absolute Gasteiger partial charge is 0.386 e. The van der Waals surface area contributed by atoms with E-state index < -0.39 is 6.10 Å². The van der Waals surface area contributed by atoms with Crippen LogP contribution in [0.5, 0.6) is 0 Å². The summed E-state index contributed by atoms with van der Waals surface area (Å²) in [5, 5.41) is 16.5. The molecule has 0 bridgehead atoms. The average molecular weight is 352 g/mol. The molecule has 0 aliphatic rings. The minimum Gasteiger partial charge on any atom is -0.386 e. The normalized spacial score (nSPS) is 13.0. The molecule has 0 saturated heterocycles. The second-order valence-corrected chi connectivity index (χ2v) is 6.91. The van der Waals surface area contributed by atoms with E-state index in [1.54, 1.807) is 6.07 Å². The lowest BCUT2D eigenvalue weighted by Gasteiger charge is -2.14. The van der Waals surface area contributed by atoms with Crippen molar-refractivity contribution in [2.24, 2.45) is 4.99 Å². The van der Waals surface area contributed by atoms with E-state index in [0.29, 0.717) is 23.4 Å². The van der Waals surface area contributed by atoms with E-state index in [1.165, 1.54) is 22.5 Å². The lowest BCUT2D eigenvalue weighted by atomic mass is 10.1. The number of nitrogens with one attached hydrogen (secondary N) is 2. The van der Waals surface area contributed by atoms with Gasteiger partial charge in [-0.15, -0.1) is 11.3 Å². The van der Waals surface area contributed by atoms with E-state index >= 15 is 0 Å². The summed E-state index contributed by atoms with van der Waals surface area (Å²) in [7, 11) is 0. The summed E-state index contributed by atoms with van der Waals surface area (Å²) < 4.78 is 0.680. The van der Waals surface area contributed by atoms with Crippen molar-refractivity contribution in [3.8, 4) is 0 Å². The topological polar surface area (TPSA) is 56.7 Å². The van der Waals surface area contributed by atoms with Crippen molar-refractivity contribution in [2.45, 2.75) is 26.5 Å².